The van der Waals surface area contributed by atoms with E-state index >= 15 is 0 Å². The van der Waals surface area contributed by atoms with Crippen LogP contribution in [0.3, 0.4) is 0 Å². The quantitative estimate of drug-likeness (QED) is 0.749. The fourth-order valence-corrected chi connectivity index (χ4v) is 4.17. The molecule has 20 heavy (non-hydrogen) atoms. The van der Waals surface area contributed by atoms with Crippen molar-refractivity contribution in [2.45, 2.75) is 57.2 Å². The normalized spacial score (nSPS) is 22.9. The zero-order valence-corrected chi connectivity index (χ0v) is 13.1. The lowest BCUT2D eigenvalue weighted by Crippen LogP contribution is -2.39. The Morgan fingerprint density at radius 3 is 2.45 bits per heavy atom. The molecule has 0 radical (unpaired) electrons. The van der Waals surface area contributed by atoms with E-state index in [-0.39, 0.29) is 0 Å². The minimum atomic E-state index is 0.859. The molecule has 0 unspecified atom stereocenters. The summed E-state index contributed by atoms with van der Waals surface area (Å²) in [5.41, 5.74) is 0. The van der Waals surface area contributed by atoms with Gasteiger partial charge in [0.05, 0.1) is 0 Å². The zero-order chi connectivity index (χ0) is 13.4. The van der Waals surface area contributed by atoms with Gasteiger partial charge >= 0.3 is 0 Å². The first-order valence-electron chi connectivity index (χ1n) is 8.40. The maximum absolute atomic E-state index is 3.90. The summed E-state index contributed by atoms with van der Waals surface area (Å²) in [5.74, 6) is 2.04. The van der Waals surface area contributed by atoms with Crippen molar-refractivity contribution in [2.24, 2.45) is 11.8 Å². The van der Waals surface area contributed by atoms with Crippen molar-refractivity contribution < 1.29 is 0 Å². The van der Waals surface area contributed by atoms with E-state index in [0.717, 1.165) is 23.9 Å². The first-order chi connectivity index (χ1) is 9.90. The van der Waals surface area contributed by atoms with Crippen molar-refractivity contribution in [3.63, 3.8) is 0 Å². The summed E-state index contributed by atoms with van der Waals surface area (Å²) in [6.07, 6.45) is 8.76. The van der Waals surface area contributed by atoms with E-state index in [1.807, 2.05) is 11.3 Å². The third kappa shape index (κ3) is 3.44. The van der Waals surface area contributed by atoms with Crippen LogP contribution >= 0.6 is 11.3 Å². The number of hydrogen-bond donors (Lipinski definition) is 1. The summed E-state index contributed by atoms with van der Waals surface area (Å²) in [6, 6.07) is 6.20. The SMILES string of the molecule is c1csc(CN(CCNC(C2CC2)C2CC2)C2CC2)c1. The fourth-order valence-electron chi connectivity index (χ4n) is 3.44. The third-order valence-corrected chi connectivity index (χ3v) is 5.90. The van der Waals surface area contributed by atoms with Crippen LogP contribution in [0.1, 0.15) is 43.4 Å². The van der Waals surface area contributed by atoms with E-state index in [1.165, 1.54) is 63.0 Å². The molecular formula is C17H26N2S. The minimum Gasteiger partial charge on any atom is -0.312 e. The van der Waals surface area contributed by atoms with Crippen LogP contribution in [0.2, 0.25) is 0 Å². The Morgan fingerprint density at radius 2 is 1.90 bits per heavy atom. The highest BCUT2D eigenvalue weighted by Crippen LogP contribution is 2.44. The molecule has 1 N–H and O–H groups in total. The molecule has 0 spiro atoms. The monoisotopic (exact) mass is 290 g/mol. The van der Waals surface area contributed by atoms with Crippen LogP contribution in [0.25, 0.3) is 0 Å². The lowest BCUT2D eigenvalue weighted by molar-refractivity contribution is 0.247. The Kier molecular flexibility index (Phi) is 3.84. The Balaban J connectivity index is 1.25. The van der Waals surface area contributed by atoms with Crippen LogP contribution in [-0.2, 0) is 6.54 Å². The minimum absolute atomic E-state index is 0.859. The first-order valence-corrected chi connectivity index (χ1v) is 9.28. The van der Waals surface area contributed by atoms with Gasteiger partial charge in [-0.1, -0.05) is 6.07 Å². The van der Waals surface area contributed by atoms with Crippen molar-refractivity contribution in [3.05, 3.63) is 22.4 Å². The van der Waals surface area contributed by atoms with Crippen LogP contribution in [0.5, 0.6) is 0 Å². The predicted octanol–water partition coefficient (Wildman–Crippen LogP) is 3.49. The van der Waals surface area contributed by atoms with Gasteiger partial charge in [-0.05, 0) is 61.8 Å². The molecule has 0 saturated heterocycles. The number of thiophene rings is 1. The van der Waals surface area contributed by atoms with Crippen molar-refractivity contribution in [3.8, 4) is 0 Å². The van der Waals surface area contributed by atoms with E-state index in [4.69, 9.17) is 0 Å². The Bertz CT molecular complexity index is 406. The first kappa shape index (κ1) is 13.3. The van der Waals surface area contributed by atoms with E-state index in [1.54, 1.807) is 0 Å². The smallest absolute Gasteiger partial charge is 0.0331 e. The fraction of sp³-hybridized carbons (Fsp3) is 0.765. The second kappa shape index (κ2) is 5.78. The van der Waals surface area contributed by atoms with Crippen LogP contribution in [0.4, 0.5) is 0 Å². The molecule has 3 saturated carbocycles. The predicted molar refractivity (Wildman–Crippen MR) is 85.0 cm³/mol. The lowest BCUT2D eigenvalue weighted by Gasteiger charge is -2.24. The van der Waals surface area contributed by atoms with Gasteiger partial charge in [-0.15, -0.1) is 11.3 Å². The van der Waals surface area contributed by atoms with Crippen LogP contribution in [-0.4, -0.2) is 30.1 Å². The van der Waals surface area contributed by atoms with Gasteiger partial charge in [-0.25, -0.2) is 0 Å². The molecule has 0 aromatic carbocycles. The molecule has 0 aliphatic heterocycles. The summed E-state index contributed by atoms with van der Waals surface area (Å²) < 4.78 is 0. The topological polar surface area (TPSA) is 15.3 Å². The molecule has 3 aliphatic carbocycles. The Hall–Kier alpha value is -0.380. The molecular weight excluding hydrogens is 264 g/mol. The van der Waals surface area contributed by atoms with Gasteiger partial charge in [-0.2, -0.15) is 0 Å². The zero-order valence-electron chi connectivity index (χ0n) is 12.3. The highest BCUT2D eigenvalue weighted by atomic mass is 32.1. The summed E-state index contributed by atoms with van der Waals surface area (Å²) in [4.78, 5) is 4.23. The number of hydrogen-bond acceptors (Lipinski definition) is 3. The molecule has 2 nitrogen and oxygen atoms in total. The average Bonchev–Trinajstić information content (AvgIpc) is 3.32. The van der Waals surface area contributed by atoms with Crippen LogP contribution < -0.4 is 5.32 Å². The van der Waals surface area contributed by atoms with Crippen molar-refractivity contribution in [2.75, 3.05) is 13.1 Å². The second-order valence-electron chi connectivity index (χ2n) is 6.94. The summed E-state index contributed by atoms with van der Waals surface area (Å²) in [6.45, 7) is 3.60. The molecule has 3 aliphatic rings. The summed E-state index contributed by atoms with van der Waals surface area (Å²) in [5, 5.41) is 6.10. The molecule has 3 heteroatoms. The molecule has 4 rings (SSSR count). The van der Waals surface area contributed by atoms with E-state index in [0.29, 0.717) is 0 Å². The molecule has 3 fully saturated rings. The second-order valence-corrected chi connectivity index (χ2v) is 7.97. The summed E-state index contributed by atoms with van der Waals surface area (Å²) in [7, 11) is 0. The van der Waals surface area contributed by atoms with E-state index < -0.39 is 0 Å². The largest absolute Gasteiger partial charge is 0.312 e. The van der Waals surface area contributed by atoms with Crippen LogP contribution in [0, 0.1) is 11.8 Å². The standard InChI is InChI=1S/C17H26N2S/c1-2-16(20-11-1)12-19(15-7-8-15)10-9-18-17(13-3-4-13)14-5-6-14/h1-2,11,13-15,17-18H,3-10,12H2. The maximum Gasteiger partial charge on any atom is 0.0331 e. The summed E-state index contributed by atoms with van der Waals surface area (Å²) >= 11 is 1.90. The molecule has 1 heterocycles. The lowest BCUT2D eigenvalue weighted by atomic mass is 10.1. The third-order valence-electron chi connectivity index (χ3n) is 5.04. The average molecular weight is 290 g/mol. The van der Waals surface area contributed by atoms with Gasteiger partial charge in [0, 0.05) is 36.6 Å². The molecule has 1 aromatic rings. The van der Waals surface area contributed by atoms with Gasteiger partial charge < -0.3 is 5.32 Å². The van der Waals surface area contributed by atoms with Crippen molar-refractivity contribution >= 4 is 11.3 Å². The van der Waals surface area contributed by atoms with Crippen LogP contribution in [0.15, 0.2) is 17.5 Å². The number of nitrogens with one attached hydrogen (secondary N) is 1. The molecule has 0 atom stereocenters. The molecule has 0 bridgehead atoms. The Labute approximate surface area is 126 Å². The van der Waals surface area contributed by atoms with E-state index in [9.17, 15) is 0 Å². The highest BCUT2D eigenvalue weighted by Gasteiger charge is 2.41. The molecule has 0 amide bonds. The van der Waals surface area contributed by atoms with Gasteiger partial charge in [0.15, 0.2) is 0 Å². The Morgan fingerprint density at radius 1 is 1.15 bits per heavy atom. The number of rotatable bonds is 9. The number of nitrogens with zero attached hydrogens (tertiary/aromatic N) is 1. The van der Waals surface area contributed by atoms with Gasteiger partial charge in [-0.3, -0.25) is 4.90 Å². The van der Waals surface area contributed by atoms with Gasteiger partial charge in [0.25, 0.3) is 0 Å². The maximum atomic E-state index is 3.90. The van der Waals surface area contributed by atoms with Gasteiger partial charge in [0.1, 0.15) is 0 Å². The van der Waals surface area contributed by atoms with Crippen molar-refractivity contribution in [1.82, 2.24) is 10.2 Å². The van der Waals surface area contributed by atoms with Gasteiger partial charge in [0.2, 0.25) is 0 Å². The molecule has 1 aromatic heterocycles. The molecule has 110 valence electrons. The van der Waals surface area contributed by atoms with Crippen molar-refractivity contribution in [1.29, 1.82) is 0 Å². The van der Waals surface area contributed by atoms with E-state index in [2.05, 4.69) is 27.7 Å². The highest BCUT2D eigenvalue weighted by molar-refractivity contribution is 7.09.